The molecule has 1 aliphatic rings. The van der Waals surface area contributed by atoms with Crippen LogP contribution < -0.4 is 11.1 Å². The molecule has 4 N–H and O–H groups in total. The smallest absolute Gasteiger partial charge is 0.369 e. The van der Waals surface area contributed by atoms with Crippen LogP contribution in [0.3, 0.4) is 0 Å². The number of nitrogens with two attached hydrogens (primary N) is 1. The second kappa shape index (κ2) is 8.44. The first-order valence-electron chi connectivity index (χ1n) is 7.22. The molecule has 0 aliphatic carbocycles. The van der Waals surface area contributed by atoms with Crippen molar-refractivity contribution >= 4 is 23.5 Å². The number of carbonyl (C=O) groups excluding carboxylic acids is 2. The summed E-state index contributed by atoms with van der Waals surface area (Å²) in [5, 5.41) is 11.4. The minimum atomic E-state index is -0.851. The lowest BCUT2D eigenvalue weighted by molar-refractivity contribution is -0.182. The van der Waals surface area contributed by atoms with E-state index in [9.17, 15) is 9.59 Å². The van der Waals surface area contributed by atoms with Crippen molar-refractivity contribution in [3.63, 3.8) is 0 Å². The summed E-state index contributed by atoms with van der Waals surface area (Å²) >= 11 is 5.59. The Hall–Kier alpha value is -2.41. The topological polar surface area (TPSA) is 102 Å². The highest BCUT2D eigenvalue weighted by molar-refractivity contribution is 6.33. The van der Waals surface area contributed by atoms with Crippen molar-refractivity contribution < 1.29 is 19.7 Å². The summed E-state index contributed by atoms with van der Waals surface area (Å²) in [4.78, 5) is 25.3. The predicted octanol–water partition coefficient (Wildman–Crippen LogP) is 2.33. The first-order chi connectivity index (χ1) is 11.5. The number of benzene rings is 2. The van der Waals surface area contributed by atoms with E-state index in [4.69, 9.17) is 22.6 Å². The van der Waals surface area contributed by atoms with E-state index in [1.165, 1.54) is 17.7 Å². The van der Waals surface area contributed by atoms with Gasteiger partial charge in [-0.15, -0.1) is 0 Å². The monoisotopic (exact) mass is 348 g/mol. The van der Waals surface area contributed by atoms with Crippen LogP contribution in [0.5, 0.6) is 0 Å². The van der Waals surface area contributed by atoms with E-state index in [2.05, 4.69) is 10.2 Å². The molecule has 1 unspecified atom stereocenters. The first-order valence-corrected chi connectivity index (χ1v) is 7.60. The lowest BCUT2D eigenvalue weighted by Gasteiger charge is -2.23. The predicted molar refractivity (Wildman–Crippen MR) is 89.6 cm³/mol. The molecule has 3 rings (SSSR count). The zero-order valence-corrected chi connectivity index (χ0v) is 13.5. The molecule has 7 heteroatoms. The summed E-state index contributed by atoms with van der Waals surface area (Å²) < 4.78 is 0. The molecule has 0 fully saturated rings. The van der Waals surface area contributed by atoms with Crippen molar-refractivity contribution in [3.8, 4) is 0 Å². The molecular weight excluding hydrogens is 332 g/mol. The molecule has 0 bridgehead atoms. The van der Waals surface area contributed by atoms with Gasteiger partial charge in [0.05, 0.1) is 16.5 Å². The third-order valence-electron chi connectivity index (χ3n) is 3.61. The third-order valence-corrected chi connectivity index (χ3v) is 3.94. The van der Waals surface area contributed by atoms with Crippen LogP contribution >= 0.6 is 11.6 Å². The number of carbonyl (C=O) groups is 2. The summed E-state index contributed by atoms with van der Waals surface area (Å²) in [6.07, 6.45) is 0. The number of nitrogens with one attached hydrogen (secondary N) is 1. The lowest BCUT2D eigenvalue weighted by Crippen LogP contribution is -2.35. The van der Waals surface area contributed by atoms with Gasteiger partial charge in [-0.3, -0.25) is 9.68 Å². The van der Waals surface area contributed by atoms with E-state index in [0.29, 0.717) is 6.54 Å². The number of fused-ring (bicyclic) bond motifs is 1. The van der Waals surface area contributed by atoms with Crippen molar-refractivity contribution in [2.45, 2.75) is 12.5 Å². The van der Waals surface area contributed by atoms with Gasteiger partial charge in [0, 0.05) is 13.1 Å². The highest BCUT2D eigenvalue weighted by Crippen LogP contribution is 2.22. The van der Waals surface area contributed by atoms with Gasteiger partial charge in [-0.05, 0) is 23.3 Å². The molecule has 1 atom stereocenters. The highest BCUT2D eigenvalue weighted by atomic mass is 35.5. The Bertz CT molecular complexity index is 736. The van der Waals surface area contributed by atoms with Crippen molar-refractivity contribution in [2.24, 2.45) is 5.73 Å². The Morgan fingerprint density at radius 3 is 2.50 bits per heavy atom. The molecule has 0 aromatic heterocycles. The summed E-state index contributed by atoms with van der Waals surface area (Å²) in [5.41, 5.74) is 7.71. The van der Waals surface area contributed by atoms with Crippen molar-refractivity contribution in [2.75, 3.05) is 6.54 Å². The molecule has 0 spiro atoms. The Labute approximate surface area is 144 Å². The first kappa shape index (κ1) is 17.9. The molecule has 0 radical (unpaired) electrons. The van der Waals surface area contributed by atoms with E-state index in [0.717, 1.165) is 12.1 Å². The number of hydrogen-bond acceptors (Lipinski definition) is 5. The van der Waals surface area contributed by atoms with E-state index < -0.39 is 5.97 Å². The molecule has 6 nitrogen and oxygen atoms in total. The maximum absolute atomic E-state index is 11.1. The number of amides is 1. The Kier molecular flexibility index (Phi) is 6.31. The average molecular weight is 349 g/mol. The molecule has 0 saturated carbocycles. The van der Waals surface area contributed by atoms with Crippen molar-refractivity contribution in [1.29, 1.82) is 0 Å². The van der Waals surface area contributed by atoms with E-state index in [-0.39, 0.29) is 22.4 Å². The maximum Gasteiger partial charge on any atom is 0.374 e. The quantitative estimate of drug-likeness (QED) is 0.571. The number of primary amides is 1. The normalized spacial score (nSPS) is 15.5. The van der Waals surface area contributed by atoms with Crippen LogP contribution in [-0.4, -0.2) is 23.7 Å². The second-order valence-corrected chi connectivity index (χ2v) is 5.55. The minimum absolute atomic E-state index is 0.150. The van der Waals surface area contributed by atoms with E-state index >= 15 is 0 Å². The number of hydrogen-bond donors (Lipinski definition) is 3. The van der Waals surface area contributed by atoms with Gasteiger partial charge >= 0.3 is 5.97 Å². The van der Waals surface area contributed by atoms with Gasteiger partial charge in [-0.1, -0.05) is 48.0 Å². The minimum Gasteiger partial charge on any atom is -0.369 e. The van der Waals surface area contributed by atoms with Gasteiger partial charge < -0.3 is 11.1 Å². The molecule has 0 saturated heterocycles. The van der Waals surface area contributed by atoms with Crippen LogP contribution in [0.25, 0.3) is 0 Å². The third kappa shape index (κ3) is 4.32. The standard InChI is InChI=1S/C10H12N2O.C7H5ClO3/c11-10(13)9-6-12-5-7-3-1-2-4-8(7)9;8-6-4-2-1-3-5(6)7(9)11-10/h1-4,9,12H,5-6H2,(H2,11,13);1-4,10H. The summed E-state index contributed by atoms with van der Waals surface area (Å²) in [7, 11) is 0. The largest absolute Gasteiger partial charge is 0.374 e. The maximum atomic E-state index is 11.1. The van der Waals surface area contributed by atoms with Crippen molar-refractivity contribution in [3.05, 3.63) is 70.2 Å². The van der Waals surface area contributed by atoms with Crippen LogP contribution in [0.1, 0.15) is 27.4 Å². The fourth-order valence-corrected chi connectivity index (χ4v) is 2.64. The molecule has 1 amide bonds. The second-order valence-electron chi connectivity index (χ2n) is 5.14. The summed E-state index contributed by atoms with van der Waals surface area (Å²) in [6.45, 7) is 1.49. The van der Waals surface area contributed by atoms with Gasteiger partial charge in [0.2, 0.25) is 5.91 Å². The van der Waals surface area contributed by atoms with Gasteiger partial charge in [-0.25, -0.2) is 4.79 Å². The number of rotatable bonds is 2. The number of halogens is 1. The summed E-state index contributed by atoms with van der Waals surface area (Å²) in [6, 6.07) is 14.2. The van der Waals surface area contributed by atoms with Crippen LogP contribution in [0, 0.1) is 0 Å². The molecular formula is C17H17ClN2O4. The van der Waals surface area contributed by atoms with Crippen molar-refractivity contribution in [1.82, 2.24) is 5.32 Å². The summed E-state index contributed by atoms with van der Waals surface area (Å²) in [5.74, 6) is -1.26. The van der Waals surface area contributed by atoms with Gasteiger partial charge in [-0.2, -0.15) is 5.26 Å². The molecule has 1 heterocycles. The lowest BCUT2D eigenvalue weighted by atomic mass is 9.90. The molecule has 2 aromatic carbocycles. The van der Waals surface area contributed by atoms with Crippen LogP contribution in [-0.2, 0) is 16.2 Å². The van der Waals surface area contributed by atoms with Crippen LogP contribution in [0.2, 0.25) is 5.02 Å². The Morgan fingerprint density at radius 1 is 1.17 bits per heavy atom. The fraction of sp³-hybridized carbons (Fsp3) is 0.176. The Morgan fingerprint density at radius 2 is 1.83 bits per heavy atom. The molecule has 126 valence electrons. The van der Waals surface area contributed by atoms with E-state index in [1.54, 1.807) is 12.1 Å². The zero-order valence-electron chi connectivity index (χ0n) is 12.7. The molecule has 24 heavy (non-hydrogen) atoms. The Balaban J connectivity index is 0.000000177. The fourth-order valence-electron chi connectivity index (χ4n) is 2.43. The van der Waals surface area contributed by atoms with Gasteiger partial charge in [0.25, 0.3) is 0 Å². The molecule has 2 aromatic rings. The zero-order chi connectivity index (χ0) is 17.5. The van der Waals surface area contributed by atoms with Crippen LogP contribution in [0.15, 0.2) is 48.5 Å². The SMILES string of the molecule is NC(=O)C1CNCc2ccccc21.O=C(OO)c1ccccc1Cl. The average Bonchev–Trinajstić information content (AvgIpc) is 2.61. The highest BCUT2D eigenvalue weighted by Gasteiger charge is 2.23. The van der Waals surface area contributed by atoms with Crippen LogP contribution in [0.4, 0.5) is 0 Å². The van der Waals surface area contributed by atoms with E-state index in [1.807, 2.05) is 24.3 Å². The molecule has 1 aliphatic heterocycles. The van der Waals surface area contributed by atoms with Gasteiger partial charge in [0.15, 0.2) is 0 Å². The van der Waals surface area contributed by atoms with Gasteiger partial charge in [0.1, 0.15) is 0 Å².